The lowest BCUT2D eigenvalue weighted by Gasteiger charge is -2.28. The first-order valence-electron chi connectivity index (χ1n) is 6.74. The van der Waals surface area contributed by atoms with Crippen molar-refractivity contribution in [1.82, 2.24) is 5.32 Å². The van der Waals surface area contributed by atoms with E-state index in [1.165, 1.54) is 12.8 Å². The van der Waals surface area contributed by atoms with E-state index in [0.29, 0.717) is 18.8 Å². The third-order valence-corrected chi connectivity index (χ3v) is 3.75. The maximum atomic E-state index is 6.00. The van der Waals surface area contributed by atoms with Crippen LogP contribution in [0.2, 0.25) is 0 Å². The van der Waals surface area contributed by atoms with Gasteiger partial charge in [0, 0.05) is 11.6 Å². The van der Waals surface area contributed by atoms with Gasteiger partial charge in [-0.3, -0.25) is 0 Å². The molecule has 0 bridgehead atoms. The van der Waals surface area contributed by atoms with Gasteiger partial charge >= 0.3 is 0 Å². The normalized spacial score (nSPS) is 23.9. The van der Waals surface area contributed by atoms with E-state index in [4.69, 9.17) is 9.47 Å². The van der Waals surface area contributed by atoms with Crippen LogP contribution in [0.25, 0.3) is 0 Å². The van der Waals surface area contributed by atoms with Gasteiger partial charge in [0.2, 0.25) is 0 Å². The predicted molar refractivity (Wildman–Crippen MR) is 72.9 cm³/mol. The van der Waals surface area contributed by atoms with Crippen LogP contribution in [-0.2, 0) is 11.3 Å². The largest absolute Gasteiger partial charge is 0.496 e. The maximum Gasteiger partial charge on any atom is 0.124 e. The first kappa shape index (κ1) is 13.4. The van der Waals surface area contributed by atoms with Crippen molar-refractivity contribution in [2.75, 3.05) is 14.2 Å². The van der Waals surface area contributed by atoms with Gasteiger partial charge in [-0.2, -0.15) is 0 Å². The molecule has 100 valence electrons. The highest BCUT2D eigenvalue weighted by Crippen LogP contribution is 2.24. The molecule has 3 heteroatoms. The molecule has 0 saturated heterocycles. The molecule has 0 aliphatic heterocycles. The van der Waals surface area contributed by atoms with E-state index in [1.807, 2.05) is 25.2 Å². The summed E-state index contributed by atoms with van der Waals surface area (Å²) in [5.41, 5.74) is 1.13. The van der Waals surface area contributed by atoms with Crippen LogP contribution in [0.4, 0.5) is 0 Å². The Bertz CT molecular complexity index is 359. The number of nitrogens with one attached hydrogen (secondary N) is 1. The number of benzene rings is 1. The average molecular weight is 249 g/mol. The summed E-state index contributed by atoms with van der Waals surface area (Å²) >= 11 is 0. The van der Waals surface area contributed by atoms with E-state index in [1.54, 1.807) is 7.11 Å². The Labute approximate surface area is 109 Å². The molecule has 1 saturated carbocycles. The molecule has 0 unspecified atom stereocenters. The fraction of sp³-hybridized carbons (Fsp3) is 0.600. The molecule has 0 atom stereocenters. The van der Waals surface area contributed by atoms with Crippen molar-refractivity contribution in [2.45, 2.75) is 44.4 Å². The second kappa shape index (κ2) is 6.76. The molecular formula is C15H23NO2. The number of rotatable bonds is 5. The lowest BCUT2D eigenvalue weighted by atomic mass is 9.93. The van der Waals surface area contributed by atoms with Crippen LogP contribution in [0.3, 0.4) is 0 Å². The van der Waals surface area contributed by atoms with Crippen molar-refractivity contribution in [3.8, 4) is 5.75 Å². The van der Waals surface area contributed by atoms with E-state index in [9.17, 15) is 0 Å². The molecule has 1 aromatic rings. The van der Waals surface area contributed by atoms with Crippen molar-refractivity contribution < 1.29 is 9.47 Å². The lowest BCUT2D eigenvalue weighted by molar-refractivity contribution is 0.0111. The summed E-state index contributed by atoms with van der Waals surface area (Å²) < 4.78 is 11.3. The number of methoxy groups -OCH3 is 1. The Morgan fingerprint density at radius 2 is 1.89 bits per heavy atom. The Kier molecular flexibility index (Phi) is 5.02. The number of ether oxygens (including phenoxy) is 2. The van der Waals surface area contributed by atoms with Gasteiger partial charge in [-0.1, -0.05) is 18.2 Å². The number of hydrogen-bond acceptors (Lipinski definition) is 3. The molecule has 1 N–H and O–H groups in total. The highest BCUT2D eigenvalue weighted by Gasteiger charge is 2.20. The molecular weight excluding hydrogens is 226 g/mol. The van der Waals surface area contributed by atoms with Crippen LogP contribution in [-0.4, -0.2) is 26.3 Å². The van der Waals surface area contributed by atoms with E-state index in [0.717, 1.165) is 24.2 Å². The molecule has 0 heterocycles. The molecule has 18 heavy (non-hydrogen) atoms. The zero-order chi connectivity index (χ0) is 12.8. The number of para-hydroxylation sites is 1. The van der Waals surface area contributed by atoms with Gasteiger partial charge < -0.3 is 14.8 Å². The van der Waals surface area contributed by atoms with Gasteiger partial charge in [0.05, 0.1) is 19.8 Å². The maximum absolute atomic E-state index is 6.00. The highest BCUT2D eigenvalue weighted by atomic mass is 16.5. The first-order chi connectivity index (χ1) is 8.83. The lowest BCUT2D eigenvalue weighted by Crippen LogP contribution is -2.32. The van der Waals surface area contributed by atoms with Gasteiger partial charge in [0.15, 0.2) is 0 Å². The van der Waals surface area contributed by atoms with Crippen molar-refractivity contribution in [1.29, 1.82) is 0 Å². The summed E-state index contributed by atoms with van der Waals surface area (Å²) in [6.07, 6.45) is 5.14. The summed E-state index contributed by atoms with van der Waals surface area (Å²) in [5, 5.41) is 3.34. The molecule has 2 rings (SSSR count). The highest BCUT2D eigenvalue weighted by molar-refractivity contribution is 5.32. The second-order valence-electron chi connectivity index (χ2n) is 4.89. The Morgan fingerprint density at radius 1 is 1.17 bits per heavy atom. The van der Waals surface area contributed by atoms with Crippen LogP contribution in [0.15, 0.2) is 24.3 Å². The van der Waals surface area contributed by atoms with Crippen molar-refractivity contribution in [3.63, 3.8) is 0 Å². The zero-order valence-corrected chi connectivity index (χ0v) is 11.3. The van der Waals surface area contributed by atoms with Gasteiger partial charge in [-0.25, -0.2) is 0 Å². The third-order valence-electron chi connectivity index (χ3n) is 3.75. The molecule has 0 spiro atoms. The SMILES string of the molecule is CNC1CCC(OCc2ccccc2OC)CC1. The van der Waals surface area contributed by atoms with Gasteiger partial charge in [-0.05, 0) is 38.8 Å². The summed E-state index contributed by atoms with van der Waals surface area (Å²) in [4.78, 5) is 0. The van der Waals surface area contributed by atoms with Crippen LogP contribution >= 0.6 is 0 Å². The summed E-state index contributed by atoms with van der Waals surface area (Å²) in [6.45, 7) is 0.652. The average Bonchev–Trinajstić information content (AvgIpc) is 2.46. The molecule has 3 nitrogen and oxygen atoms in total. The van der Waals surface area contributed by atoms with Gasteiger partial charge in [0.25, 0.3) is 0 Å². The van der Waals surface area contributed by atoms with Gasteiger partial charge in [0.1, 0.15) is 5.75 Å². The van der Waals surface area contributed by atoms with Crippen LogP contribution in [0.1, 0.15) is 31.2 Å². The monoisotopic (exact) mass is 249 g/mol. The summed E-state index contributed by atoms with van der Waals surface area (Å²) in [5.74, 6) is 0.918. The molecule has 0 radical (unpaired) electrons. The summed E-state index contributed by atoms with van der Waals surface area (Å²) in [7, 11) is 3.75. The fourth-order valence-corrected chi connectivity index (χ4v) is 2.55. The molecule has 1 fully saturated rings. The second-order valence-corrected chi connectivity index (χ2v) is 4.89. The van der Waals surface area contributed by atoms with E-state index in [-0.39, 0.29) is 0 Å². The van der Waals surface area contributed by atoms with Crippen molar-refractivity contribution in [3.05, 3.63) is 29.8 Å². The van der Waals surface area contributed by atoms with E-state index >= 15 is 0 Å². The van der Waals surface area contributed by atoms with Crippen LogP contribution < -0.4 is 10.1 Å². The van der Waals surface area contributed by atoms with E-state index < -0.39 is 0 Å². The molecule has 0 aromatic heterocycles. The smallest absolute Gasteiger partial charge is 0.124 e. The minimum atomic E-state index is 0.402. The molecule has 1 aliphatic rings. The fourth-order valence-electron chi connectivity index (χ4n) is 2.55. The molecule has 0 amide bonds. The van der Waals surface area contributed by atoms with Crippen molar-refractivity contribution in [2.24, 2.45) is 0 Å². The third kappa shape index (κ3) is 3.47. The minimum Gasteiger partial charge on any atom is -0.496 e. The van der Waals surface area contributed by atoms with E-state index in [2.05, 4.69) is 11.4 Å². The Hall–Kier alpha value is -1.06. The quantitative estimate of drug-likeness (QED) is 0.870. The zero-order valence-electron chi connectivity index (χ0n) is 11.3. The topological polar surface area (TPSA) is 30.5 Å². The predicted octanol–water partition coefficient (Wildman–Crippen LogP) is 2.74. The van der Waals surface area contributed by atoms with Crippen LogP contribution in [0, 0.1) is 0 Å². The molecule has 1 aliphatic carbocycles. The Morgan fingerprint density at radius 3 is 2.56 bits per heavy atom. The van der Waals surface area contributed by atoms with Crippen molar-refractivity contribution >= 4 is 0 Å². The molecule has 1 aromatic carbocycles. The first-order valence-corrected chi connectivity index (χ1v) is 6.74. The summed E-state index contributed by atoms with van der Waals surface area (Å²) in [6, 6.07) is 8.74. The van der Waals surface area contributed by atoms with Crippen LogP contribution in [0.5, 0.6) is 5.75 Å². The minimum absolute atomic E-state index is 0.402. The standard InChI is InChI=1S/C15H23NO2/c1-16-13-7-9-14(10-8-13)18-11-12-5-3-4-6-15(12)17-2/h3-6,13-14,16H,7-11H2,1-2H3. The van der Waals surface area contributed by atoms with Gasteiger partial charge in [-0.15, -0.1) is 0 Å². The number of hydrogen-bond donors (Lipinski definition) is 1. The Balaban J connectivity index is 1.81.